The molecule has 1 aromatic carbocycles. The number of hydrogen-bond donors (Lipinski definition) is 2. The van der Waals surface area contributed by atoms with Gasteiger partial charge in [-0.05, 0) is 25.0 Å². The van der Waals surface area contributed by atoms with Gasteiger partial charge in [0.1, 0.15) is 5.37 Å². The fraction of sp³-hybridized carbons (Fsp3) is 0.286. The summed E-state index contributed by atoms with van der Waals surface area (Å²) in [4.78, 5) is 17.5. The molecule has 19 heavy (non-hydrogen) atoms. The van der Waals surface area contributed by atoms with E-state index in [-0.39, 0.29) is 23.2 Å². The standard InChI is InChI=1S/C14H15N3OS/c1-7-3-5-9(6-4-7)11-8(2)10-12(18)16-14(15)17-13(10)19-11/h3-6,10,13H,1-2H3,(H3,15,16,17,18). The zero-order chi connectivity index (χ0) is 13.6. The fourth-order valence-electron chi connectivity index (χ4n) is 2.44. The van der Waals surface area contributed by atoms with Crippen LogP contribution in [0.25, 0.3) is 4.91 Å². The Labute approximate surface area is 116 Å². The first kappa shape index (κ1) is 12.3. The molecule has 2 aliphatic rings. The minimum Gasteiger partial charge on any atom is -0.370 e. The summed E-state index contributed by atoms with van der Waals surface area (Å²) < 4.78 is 0. The number of aliphatic imine (C=N–C) groups is 1. The predicted octanol–water partition coefficient (Wildman–Crippen LogP) is 1.86. The summed E-state index contributed by atoms with van der Waals surface area (Å²) >= 11 is 1.62. The van der Waals surface area contributed by atoms with Gasteiger partial charge in [0.15, 0.2) is 5.96 Å². The van der Waals surface area contributed by atoms with Gasteiger partial charge in [-0.1, -0.05) is 41.6 Å². The number of nitrogens with one attached hydrogen (secondary N) is 1. The van der Waals surface area contributed by atoms with Crippen LogP contribution >= 0.6 is 11.8 Å². The molecule has 98 valence electrons. The molecule has 3 rings (SSSR count). The average Bonchev–Trinajstić information content (AvgIpc) is 2.67. The molecule has 2 aliphatic heterocycles. The lowest BCUT2D eigenvalue weighted by Crippen LogP contribution is -2.47. The lowest BCUT2D eigenvalue weighted by Gasteiger charge is -2.22. The summed E-state index contributed by atoms with van der Waals surface area (Å²) in [5.74, 6) is -0.0325. The van der Waals surface area contributed by atoms with Gasteiger partial charge in [-0.2, -0.15) is 0 Å². The maximum atomic E-state index is 12.0. The van der Waals surface area contributed by atoms with Crippen molar-refractivity contribution in [3.05, 3.63) is 41.0 Å². The lowest BCUT2D eigenvalue weighted by atomic mass is 9.96. The molecule has 2 unspecified atom stereocenters. The summed E-state index contributed by atoms with van der Waals surface area (Å²) in [6, 6.07) is 8.33. The van der Waals surface area contributed by atoms with Crippen molar-refractivity contribution < 1.29 is 4.79 Å². The van der Waals surface area contributed by atoms with Gasteiger partial charge in [0.2, 0.25) is 5.91 Å². The van der Waals surface area contributed by atoms with E-state index in [0.717, 1.165) is 16.0 Å². The normalized spacial score (nSPS) is 26.0. The van der Waals surface area contributed by atoms with Crippen molar-refractivity contribution in [2.24, 2.45) is 16.6 Å². The molecule has 1 amide bonds. The number of nitrogens with two attached hydrogens (primary N) is 1. The zero-order valence-electron chi connectivity index (χ0n) is 10.8. The van der Waals surface area contributed by atoms with Crippen LogP contribution < -0.4 is 11.1 Å². The van der Waals surface area contributed by atoms with E-state index in [1.54, 1.807) is 11.8 Å². The Balaban J connectivity index is 2.00. The second kappa shape index (κ2) is 4.42. The van der Waals surface area contributed by atoms with Crippen molar-refractivity contribution in [2.45, 2.75) is 19.2 Å². The number of carbonyl (C=O) groups is 1. The van der Waals surface area contributed by atoms with Crippen LogP contribution in [-0.4, -0.2) is 17.2 Å². The van der Waals surface area contributed by atoms with Crippen LogP contribution in [0.15, 0.2) is 34.8 Å². The number of benzene rings is 1. The Morgan fingerprint density at radius 3 is 2.63 bits per heavy atom. The quantitative estimate of drug-likeness (QED) is 0.820. The topological polar surface area (TPSA) is 67.5 Å². The maximum absolute atomic E-state index is 12.0. The Kier molecular flexibility index (Phi) is 2.86. The summed E-state index contributed by atoms with van der Waals surface area (Å²) in [6.45, 7) is 4.06. The van der Waals surface area contributed by atoms with Gasteiger partial charge >= 0.3 is 0 Å². The summed E-state index contributed by atoms with van der Waals surface area (Å²) in [5.41, 5.74) is 9.06. The lowest BCUT2D eigenvalue weighted by molar-refractivity contribution is -0.122. The van der Waals surface area contributed by atoms with Crippen molar-refractivity contribution in [1.29, 1.82) is 0 Å². The minimum atomic E-state index is -0.200. The summed E-state index contributed by atoms with van der Waals surface area (Å²) in [7, 11) is 0. The Hall–Kier alpha value is -1.75. The molecular formula is C14H15N3OS. The predicted molar refractivity (Wildman–Crippen MR) is 78.4 cm³/mol. The van der Waals surface area contributed by atoms with E-state index in [9.17, 15) is 4.79 Å². The van der Waals surface area contributed by atoms with Gasteiger partial charge in [0, 0.05) is 4.91 Å². The average molecular weight is 273 g/mol. The first-order chi connectivity index (χ1) is 9.06. The second-order valence-corrected chi connectivity index (χ2v) is 5.99. The minimum absolute atomic E-state index is 0.0513. The number of amides is 1. The number of carbonyl (C=O) groups excluding carboxylic acids is 1. The molecule has 0 saturated carbocycles. The highest BCUT2D eigenvalue weighted by Gasteiger charge is 2.41. The number of hydrogen-bond acceptors (Lipinski definition) is 4. The van der Waals surface area contributed by atoms with Gasteiger partial charge < -0.3 is 5.73 Å². The number of nitrogens with zero attached hydrogens (tertiary/aromatic N) is 1. The van der Waals surface area contributed by atoms with Gasteiger partial charge in [-0.25, -0.2) is 4.99 Å². The number of fused-ring (bicyclic) bond motifs is 1. The summed E-state index contributed by atoms with van der Waals surface area (Å²) in [6.07, 6.45) is 0. The third kappa shape index (κ3) is 2.04. The Bertz CT molecular complexity index is 604. The molecule has 0 saturated heterocycles. The number of aryl methyl sites for hydroxylation is 1. The zero-order valence-corrected chi connectivity index (χ0v) is 11.6. The van der Waals surface area contributed by atoms with E-state index in [1.165, 1.54) is 5.56 Å². The second-order valence-electron chi connectivity index (χ2n) is 4.87. The Morgan fingerprint density at radius 1 is 1.26 bits per heavy atom. The third-order valence-electron chi connectivity index (χ3n) is 3.46. The van der Waals surface area contributed by atoms with Crippen LogP contribution in [0.5, 0.6) is 0 Å². The SMILES string of the molecule is CC1=C(c2ccc(C)cc2)SC2N=C(N)NC(=O)C12. The highest BCUT2D eigenvalue weighted by Crippen LogP contribution is 2.48. The summed E-state index contributed by atoms with van der Waals surface area (Å²) in [5, 5.41) is 2.48. The molecule has 4 nitrogen and oxygen atoms in total. The monoisotopic (exact) mass is 273 g/mol. The van der Waals surface area contributed by atoms with E-state index >= 15 is 0 Å². The van der Waals surface area contributed by atoms with Crippen LogP contribution in [0, 0.1) is 12.8 Å². The number of guanidine groups is 1. The smallest absolute Gasteiger partial charge is 0.236 e. The van der Waals surface area contributed by atoms with Crippen molar-refractivity contribution in [2.75, 3.05) is 0 Å². The first-order valence-electron chi connectivity index (χ1n) is 6.15. The van der Waals surface area contributed by atoms with E-state index < -0.39 is 0 Å². The van der Waals surface area contributed by atoms with Gasteiger partial charge in [0.25, 0.3) is 0 Å². The molecular weight excluding hydrogens is 258 g/mol. The molecule has 0 bridgehead atoms. The van der Waals surface area contributed by atoms with Crippen molar-refractivity contribution in [3.8, 4) is 0 Å². The highest BCUT2D eigenvalue weighted by atomic mass is 32.2. The maximum Gasteiger partial charge on any atom is 0.236 e. The van der Waals surface area contributed by atoms with Crippen LogP contribution in [0.1, 0.15) is 18.1 Å². The Morgan fingerprint density at radius 2 is 1.95 bits per heavy atom. The molecule has 0 radical (unpaired) electrons. The molecule has 0 aromatic heterocycles. The van der Waals surface area contributed by atoms with E-state index in [4.69, 9.17) is 5.73 Å². The molecule has 5 heteroatoms. The van der Waals surface area contributed by atoms with E-state index in [2.05, 4.69) is 41.5 Å². The van der Waals surface area contributed by atoms with Gasteiger partial charge in [-0.3, -0.25) is 10.1 Å². The van der Waals surface area contributed by atoms with Gasteiger partial charge in [-0.15, -0.1) is 0 Å². The number of rotatable bonds is 1. The number of thioether (sulfide) groups is 1. The largest absolute Gasteiger partial charge is 0.370 e. The van der Waals surface area contributed by atoms with Crippen molar-refractivity contribution >= 4 is 28.5 Å². The molecule has 2 atom stereocenters. The molecule has 3 N–H and O–H groups in total. The first-order valence-corrected chi connectivity index (χ1v) is 7.03. The van der Waals surface area contributed by atoms with Crippen LogP contribution in [0.2, 0.25) is 0 Å². The molecule has 0 aliphatic carbocycles. The third-order valence-corrected chi connectivity index (χ3v) is 4.87. The van der Waals surface area contributed by atoms with Crippen LogP contribution in [0.3, 0.4) is 0 Å². The molecule has 0 fully saturated rings. The van der Waals surface area contributed by atoms with Crippen molar-refractivity contribution in [1.82, 2.24) is 5.32 Å². The molecule has 1 aromatic rings. The van der Waals surface area contributed by atoms with E-state index in [1.807, 2.05) is 6.92 Å². The molecule has 2 heterocycles. The highest BCUT2D eigenvalue weighted by molar-refractivity contribution is 8.09. The van der Waals surface area contributed by atoms with Crippen molar-refractivity contribution in [3.63, 3.8) is 0 Å². The van der Waals surface area contributed by atoms with Crippen LogP contribution in [-0.2, 0) is 4.79 Å². The van der Waals surface area contributed by atoms with Crippen LogP contribution in [0.4, 0.5) is 0 Å². The molecule has 0 spiro atoms. The van der Waals surface area contributed by atoms with Gasteiger partial charge in [0.05, 0.1) is 5.92 Å². The van der Waals surface area contributed by atoms with E-state index in [0.29, 0.717) is 0 Å². The fourth-order valence-corrected chi connectivity index (χ4v) is 3.89.